The molecule has 1 unspecified atom stereocenters. The minimum Gasteiger partial charge on any atom is -0.497 e. The normalized spacial score (nSPS) is 15.8. The minimum absolute atomic E-state index is 0.00420. The van der Waals surface area contributed by atoms with Gasteiger partial charge in [-0.2, -0.15) is 0 Å². The van der Waals surface area contributed by atoms with Crippen molar-refractivity contribution in [2.24, 2.45) is 5.92 Å². The second-order valence-electron chi connectivity index (χ2n) is 6.88. The fraction of sp³-hybridized carbons (Fsp3) is 0.429. The van der Waals surface area contributed by atoms with Gasteiger partial charge in [0.05, 0.1) is 26.5 Å². The van der Waals surface area contributed by atoms with Gasteiger partial charge in [0, 0.05) is 30.6 Å². The van der Waals surface area contributed by atoms with Crippen LogP contribution in [0.5, 0.6) is 11.5 Å². The molecule has 0 radical (unpaired) electrons. The molecule has 2 amide bonds. The van der Waals surface area contributed by atoms with Gasteiger partial charge in [0.2, 0.25) is 5.91 Å². The van der Waals surface area contributed by atoms with Gasteiger partial charge >= 0.3 is 0 Å². The second kappa shape index (κ2) is 8.82. The Labute approximate surface area is 164 Å². The van der Waals surface area contributed by atoms with E-state index in [4.69, 9.17) is 13.9 Å². The minimum atomic E-state index is -0.198. The average molecular weight is 386 g/mol. The first kappa shape index (κ1) is 19.8. The average Bonchev–Trinajstić information content (AvgIpc) is 3.27. The molecule has 28 heavy (non-hydrogen) atoms. The number of nitrogens with zero attached hydrogens (tertiary/aromatic N) is 1. The van der Waals surface area contributed by atoms with Crippen molar-refractivity contribution in [1.29, 1.82) is 0 Å². The van der Waals surface area contributed by atoms with Crippen molar-refractivity contribution in [1.82, 2.24) is 10.2 Å². The van der Waals surface area contributed by atoms with E-state index >= 15 is 0 Å². The number of carbonyl (C=O) groups is 2. The molecule has 150 valence electrons. The van der Waals surface area contributed by atoms with Gasteiger partial charge < -0.3 is 24.1 Å². The second-order valence-corrected chi connectivity index (χ2v) is 6.88. The van der Waals surface area contributed by atoms with Crippen LogP contribution in [0.25, 0.3) is 0 Å². The van der Waals surface area contributed by atoms with E-state index in [0.29, 0.717) is 43.2 Å². The summed E-state index contributed by atoms with van der Waals surface area (Å²) in [6, 6.07) is 8.70. The molecule has 1 saturated heterocycles. The number of ether oxygens (including phenoxy) is 2. The number of carbonyl (C=O) groups excluding carboxylic acids is 2. The van der Waals surface area contributed by atoms with Gasteiger partial charge in [-0.15, -0.1) is 0 Å². The third-order valence-corrected chi connectivity index (χ3v) is 5.15. The first-order valence-electron chi connectivity index (χ1n) is 9.38. The highest BCUT2D eigenvalue weighted by atomic mass is 16.5. The molecule has 1 aromatic heterocycles. The lowest BCUT2D eigenvalue weighted by Gasteiger charge is -2.31. The number of furan rings is 1. The Morgan fingerprint density at radius 3 is 2.54 bits per heavy atom. The maximum atomic E-state index is 12.7. The highest BCUT2D eigenvalue weighted by molar-refractivity contribution is 5.91. The third kappa shape index (κ3) is 4.30. The Kier molecular flexibility index (Phi) is 6.23. The summed E-state index contributed by atoms with van der Waals surface area (Å²) < 4.78 is 15.8. The standard InChI is InChI=1S/C21H26N2O5/c1-14(17-7-6-16(26-2)13-19(17)27-3)22-20(24)15-8-10-23(11-9-15)21(25)18-5-4-12-28-18/h4-7,12-15H,8-11H2,1-3H3,(H,22,24). The van der Waals surface area contributed by atoms with Crippen LogP contribution in [-0.2, 0) is 4.79 Å². The van der Waals surface area contributed by atoms with Crippen LogP contribution in [0.1, 0.15) is 41.9 Å². The van der Waals surface area contributed by atoms with Crippen LogP contribution >= 0.6 is 0 Å². The van der Waals surface area contributed by atoms with Crippen molar-refractivity contribution in [3.05, 3.63) is 47.9 Å². The monoisotopic (exact) mass is 386 g/mol. The maximum absolute atomic E-state index is 12.7. The fourth-order valence-electron chi connectivity index (χ4n) is 3.49. The molecule has 0 aliphatic carbocycles. The molecule has 1 atom stereocenters. The molecule has 1 aliphatic heterocycles. The van der Waals surface area contributed by atoms with E-state index in [2.05, 4.69) is 5.32 Å². The Hall–Kier alpha value is -2.96. The number of hydrogen-bond acceptors (Lipinski definition) is 5. The highest BCUT2D eigenvalue weighted by Crippen LogP contribution is 2.30. The van der Waals surface area contributed by atoms with Crippen molar-refractivity contribution in [2.75, 3.05) is 27.3 Å². The summed E-state index contributed by atoms with van der Waals surface area (Å²) in [5, 5.41) is 3.07. The SMILES string of the molecule is COc1ccc(C(C)NC(=O)C2CCN(C(=O)c3ccco3)CC2)c(OC)c1. The predicted octanol–water partition coefficient (Wildman–Crippen LogP) is 3.03. The number of hydrogen-bond donors (Lipinski definition) is 1. The van der Waals surface area contributed by atoms with Crippen LogP contribution in [0, 0.1) is 5.92 Å². The van der Waals surface area contributed by atoms with Gasteiger partial charge in [-0.05, 0) is 44.0 Å². The lowest BCUT2D eigenvalue weighted by molar-refractivity contribution is -0.127. The largest absolute Gasteiger partial charge is 0.497 e. The van der Waals surface area contributed by atoms with Crippen molar-refractivity contribution in [2.45, 2.75) is 25.8 Å². The molecule has 0 spiro atoms. The summed E-state index contributed by atoms with van der Waals surface area (Å²) >= 11 is 0. The highest BCUT2D eigenvalue weighted by Gasteiger charge is 2.29. The van der Waals surface area contributed by atoms with E-state index in [-0.39, 0.29) is 23.8 Å². The van der Waals surface area contributed by atoms with Crippen molar-refractivity contribution >= 4 is 11.8 Å². The van der Waals surface area contributed by atoms with E-state index < -0.39 is 0 Å². The molecule has 0 saturated carbocycles. The maximum Gasteiger partial charge on any atom is 0.289 e. The summed E-state index contributed by atoms with van der Waals surface area (Å²) in [5.74, 6) is 1.46. The van der Waals surface area contributed by atoms with Gasteiger partial charge in [0.25, 0.3) is 5.91 Å². The van der Waals surface area contributed by atoms with Crippen LogP contribution in [-0.4, -0.2) is 44.0 Å². The number of likely N-dealkylation sites (tertiary alicyclic amines) is 1. The third-order valence-electron chi connectivity index (χ3n) is 5.15. The van der Waals surface area contributed by atoms with Crippen molar-refractivity contribution in [3.63, 3.8) is 0 Å². The molecule has 1 N–H and O–H groups in total. The van der Waals surface area contributed by atoms with E-state index in [9.17, 15) is 9.59 Å². The van der Waals surface area contributed by atoms with Gasteiger partial charge in [0.15, 0.2) is 5.76 Å². The smallest absolute Gasteiger partial charge is 0.289 e. The molecule has 0 bridgehead atoms. The molecular weight excluding hydrogens is 360 g/mol. The molecule has 1 aliphatic rings. The number of amides is 2. The van der Waals surface area contributed by atoms with Gasteiger partial charge in [0.1, 0.15) is 11.5 Å². The molecule has 2 heterocycles. The zero-order chi connectivity index (χ0) is 20.1. The zero-order valence-electron chi connectivity index (χ0n) is 16.4. The van der Waals surface area contributed by atoms with Gasteiger partial charge in [-0.1, -0.05) is 0 Å². The van der Waals surface area contributed by atoms with Crippen LogP contribution in [0.3, 0.4) is 0 Å². The first-order valence-corrected chi connectivity index (χ1v) is 9.38. The predicted molar refractivity (Wildman–Crippen MR) is 103 cm³/mol. The number of nitrogens with one attached hydrogen (secondary N) is 1. The number of piperidine rings is 1. The Morgan fingerprint density at radius 2 is 1.93 bits per heavy atom. The quantitative estimate of drug-likeness (QED) is 0.825. The van der Waals surface area contributed by atoms with Gasteiger partial charge in [-0.3, -0.25) is 9.59 Å². The van der Waals surface area contributed by atoms with Crippen molar-refractivity contribution in [3.8, 4) is 11.5 Å². The molecule has 3 rings (SSSR count). The van der Waals surface area contributed by atoms with Gasteiger partial charge in [-0.25, -0.2) is 0 Å². The summed E-state index contributed by atoms with van der Waals surface area (Å²) in [6.45, 7) is 3.01. The lowest BCUT2D eigenvalue weighted by Crippen LogP contribution is -2.43. The number of methoxy groups -OCH3 is 2. The topological polar surface area (TPSA) is 81.0 Å². The lowest BCUT2D eigenvalue weighted by atomic mass is 9.95. The fourth-order valence-corrected chi connectivity index (χ4v) is 3.49. The van der Waals surface area contributed by atoms with E-state index in [1.165, 1.54) is 6.26 Å². The molecule has 7 nitrogen and oxygen atoms in total. The van der Waals surface area contributed by atoms with E-state index in [1.807, 2.05) is 19.1 Å². The summed E-state index contributed by atoms with van der Waals surface area (Å²) in [4.78, 5) is 26.8. The number of benzene rings is 1. The molecular formula is C21H26N2O5. The summed E-state index contributed by atoms with van der Waals surface area (Å²) in [5.41, 5.74) is 0.891. The summed E-state index contributed by atoms with van der Waals surface area (Å²) in [7, 11) is 3.20. The van der Waals surface area contributed by atoms with Crippen LogP contribution in [0.15, 0.2) is 41.0 Å². The van der Waals surface area contributed by atoms with Crippen molar-refractivity contribution < 1.29 is 23.5 Å². The molecule has 7 heteroatoms. The molecule has 1 aromatic carbocycles. The van der Waals surface area contributed by atoms with E-state index in [1.54, 1.807) is 37.3 Å². The molecule has 1 fully saturated rings. The Bertz CT molecular complexity index is 810. The Morgan fingerprint density at radius 1 is 1.18 bits per heavy atom. The Balaban J connectivity index is 1.56. The summed E-state index contributed by atoms with van der Waals surface area (Å²) in [6.07, 6.45) is 2.75. The molecule has 2 aromatic rings. The van der Waals surface area contributed by atoms with Crippen LogP contribution < -0.4 is 14.8 Å². The van der Waals surface area contributed by atoms with E-state index in [0.717, 1.165) is 5.56 Å². The van der Waals surface area contributed by atoms with Crippen LogP contribution in [0.4, 0.5) is 0 Å². The van der Waals surface area contributed by atoms with Crippen LogP contribution in [0.2, 0.25) is 0 Å². The number of rotatable bonds is 6. The zero-order valence-corrected chi connectivity index (χ0v) is 16.4. The first-order chi connectivity index (χ1) is 13.5.